The third-order valence-electron chi connectivity index (χ3n) is 6.67. The minimum absolute atomic E-state index is 0.0968. The summed E-state index contributed by atoms with van der Waals surface area (Å²) in [6, 6.07) is 5.56. The molecule has 0 aliphatic carbocycles. The number of anilines is 1. The number of allylic oxidation sites excluding steroid dienone is 1. The summed E-state index contributed by atoms with van der Waals surface area (Å²) in [5, 5.41) is 21.7. The summed E-state index contributed by atoms with van der Waals surface area (Å²) in [5.74, 6) is 1.60. The van der Waals surface area contributed by atoms with Crippen molar-refractivity contribution < 1.29 is 14.6 Å². The number of fused-ring (bicyclic) bond motifs is 1. The van der Waals surface area contributed by atoms with Crippen LogP contribution in [0.25, 0.3) is 17.1 Å². The minimum atomic E-state index is -0.561. The topological polar surface area (TPSA) is 129 Å². The Labute approximate surface area is 243 Å². The lowest BCUT2D eigenvalue weighted by molar-refractivity contribution is 0.0994. The molecule has 3 aromatic rings. The molecule has 1 atom stereocenters. The van der Waals surface area contributed by atoms with Crippen LogP contribution in [0.5, 0.6) is 11.8 Å². The minimum Gasteiger partial charge on any atom is -0.491 e. The van der Waals surface area contributed by atoms with E-state index in [0.717, 1.165) is 23.2 Å². The molecule has 2 aromatic heterocycles. The van der Waals surface area contributed by atoms with E-state index in [4.69, 9.17) is 48.1 Å². The Morgan fingerprint density at radius 2 is 2.02 bits per heavy atom. The highest BCUT2D eigenvalue weighted by Crippen LogP contribution is 2.36. The molecule has 0 amide bonds. The van der Waals surface area contributed by atoms with Gasteiger partial charge in [0.05, 0.1) is 41.9 Å². The van der Waals surface area contributed by atoms with Gasteiger partial charge in [-0.1, -0.05) is 36.5 Å². The molecule has 10 nitrogen and oxygen atoms in total. The zero-order valence-corrected chi connectivity index (χ0v) is 24.7. The smallest absolute Gasteiger partial charge is 0.316 e. The molecule has 0 bridgehead atoms. The highest BCUT2D eigenvalue weighted by atomic mass is 35.5. The van der Waals surface area contributed by atoms with Gasteiger partial charge in [-0.05, 0) is 38.5 Å². The van der Waals surface area contributed by atoms with Crippen LogP contribution < -0.4 is 19.7 Å². The number of hydrogen-bond donors (Lipinski definition) is 3. The van der Waals surface area contributed by atoms with E-state index in [9.17, 15) is 5.11 Å². The van der Waals surface area contributed by atoms with Crippen LogP contribution in [0.3, 0.4) is 0 Å². The number of rotatable bonds is 11. The molecule has 0 saturated heterocycles. The summed E-state index contributed by atoms with van der Waals surface area (Å²) in [6.45, 7) is 6.92. The third kappa shape index (κ3) is 6.29. The fourth-order valence-electron chi connectivity index (χ4n) is 4.53. The number of hydrogen-bond acceptors (Lipinski definition) is 10. The number of nitrogens with zero attached hydrogens (tertiary/aromatic N) is 5. The second-order valence-corrected chi connectivity index (χ2v) is 10.3. The second-order valence-electron chi connectivity index (χ2n) is 9.49. The maximum absolute atomic E-state index is 10.1. The predicted octanol–water partition coefficient (Wildman–Crippen LogP) is 5.13. The Hall–Kier alpha value is -3.47. The normalized spacial score (nSPS) is 13.9. The van der Waals surface area contributed by atoms with E-state index in [-0.39, 0.29) is 11.8 Å². The van der Waals surface area contributed by atoms with Crippen LogP contribution in [0, 0.1) is 12.3 Å². The second kappa shape index (κ2) is 12.8. The van der Waals surface area contributed by atoms with Crippen molar-refractivity contribution in [1.29, 1.82) is 5.41 Å². The highest BCUT2D eigenvalue weighted by molar-refractivity contribution is 6.69. The first-order valence-corrected chi connectivity index (χ1v) is 13.7. The first-order chi connectivity index (χ1) is 19.2. The van der Waals surface area contributed by atoms with Crippen LogP contribution in [0.1, 0.15) is 49.2 Å². The lowest BCUT2D eigenvalue weighted by Gasteiger charge is -2.23. The Morgan fingerprint density at radius 1 is 1.25 bits per heavy atom. The number of halogens is 2. The van der Waals surface area contributed by atoms with Crippen molar-refractivity contribution in [2.45, 2.75) is 52.8 Å². The van der Waals surface area contributed by atoms with Crippen molar-refractivity contribution in [3.05, 3.63) is 57.5 Å². The van der Waals surface area contributed by atoms with Crippen LogP contribution in [-0.4, -0.2) is 57.1 Å². The van der Waals surface area contributed by atoms with Gasteiger partial charge in [0.15, 0.2) is 5.82 Å². The lowest BCUT2D eigenvalue weighted by atomic mass is 10.1. The van der Waals surface area contributed by atoms with Crippen molar-refractivity contribution in [2.24, 2.45) is 0 Å². The summed E-state index contributed by atoms with van der Waals surface area (Å²) in [7, 11) is 3.30. The summed E-state index contributed by atoms with van der Waals surface area (Å²) >= 11 is 12.8. The van der Waals surface area contributed by atoms with E-state index in [1.165, 1.54) is 7.11 Å². The fraction of sp³-hybridized carbons (Fsp3) is 0.393. The number of aliphatic hydroxyl groups is 1. The molecule has 40 heavy (non-hydrogen) atoms. The van der Waals surface area contributed by atoms with Gasteiger partial charge in [0.1, 0.15) is 23.3 Å². The highest BCUT2D eigenvalue weighted by Gasteiger charge is 2.28. The fourth-order valence-corrected chi connectivity index (χ4v) is 4.82. The van der Waals surface area contributed by atoms with Crippen molar-refractivity contribution in [1.82, 2.24) is 25.3 Å². The molecule has 0 unspecified atom stereocenters. The zero-order valence-electron chi connectivity index (χ0n) is 23.2. The van der Waals surface area contributed by atoms with Crippen molar-refractivity contribution in [3.8, 4) is 23.1 Å². The Kier molecular flexibility index (Phi) is 9.44. The van der Waals surface area contributed by atoms with Crippen LogP contribution in [0.2, 0.25) is 5.02 Å². The van der Waals surface area contributed by atoms with E-state index in [0.29, 0.717) is 70.5 Å². The maximum atomic E-state index is 10.1. The molecular weight excluding hydrogens is 553 g/mol. The van der Waals surface area contributed by atoms with Crippen LogP contribution in [0.15, 0.2) is 30.0 Å². The molecule has 3 N–H and O–H groups in total. The number of aliphatic hydroxyl groups excluding tert-OH is 1. The predicted molar refractivity (Wildman–Crippen MR) is 157 cm³/mol. The number of methoxy groups -OCH3 is 1. The molecule has 1 aromatic carbocycles. The first kappa shape index (κ1) is 29.5. The number of ether oxygens (including phenoxy) is 2. The van der Waals surface area contributed by atoms with Gasteiger partial charge in [0, 0.05) is 42.1 Å². The molecule has 0 fully saturated rings. The number of aromatic nitrogens is 4. The Balaban J connectivity index is 1.83. The third-order valence-corrected chi connectivity index (χ3v) is 7.28. The molecule has 12 heteroatoms. The maximum Gasteiger partial charge on any atom is 0.316 e. The molecule has 0 saturated carbocycles. The Morgan fingerprint density at radius 3 is 2.70 bits per heavy atom. The zero-order chi connectivity index (χ0) is 29.0. The van der Waals surface area contributed by atoms with Gasteiger partial charge in [-0.2, -0.15) is 4.98 Å². The molecule has 1 aliphatic rings. The molecular formula is C28H33Cl2N7O3. The van der Waals surface area contributed by atoms with Gasteiger partial charge in [0.25, 0.3) is 0 Å². The van der Waals surface area contributed by atoms with Crippen LogP contribution in [0.4, 0.5) is 5.82 Å². The molecule has 0 radical (unpaired) electrons. The number of nitrogens with one attached hydrogen (secondary N) is 2. The lowest BCUT2D eigenvalue weighted by Crippen LogP contribution is -2.21. The van der Waals surface area contributed by atoms with Gasteiger partial charge >= 0.3 is 6.01 Å². The van der Waals surface area contributed by atoms with Crippen molar-refractivity contribution in [3.63, 3.8) is 0 Å². The van der Waals surface area contributed by atoms with Gasteiger partial charge in [-0.25, -0.2) is 15.0 Å². The average Bonchev–Trinajstić information content (AvgIpc) is 3.37. The monoisotopic (exact) mass is 585 g/mol. The average molecular weight is 587 g/mol. The van der Waals surface area contributed by atoms with Crippen molar-refractivity contribution >= 4 is 39.9 Å². The van der Waals surface area contributed by atoms with Crippen LogP contribution >= 0.6 is 23.2 Å². The van der Waals surface area contributed by atoms with Gasteiger partial charge < -0.3 is 24.8 Å². The summed E-state index contributed by atoms with van der Waals surface area (Å²) < 4.78 is 11.1. The molecule has 3 heterocycles. The van der Waals surface area contributed by atoms with Gasteiger partial charge in [-0.15, -0.1) is 0 Å². The SMILES string of the molecule is CCC[C@@H](O)COc1ccc(Cl)c(-c2nc(/C(NC)=C(\C)C(=N)Cl)c(C)c(N3Cc4cnc(OC)nc4C3)n2)c1. The van der Waals surface area contributed by atoms with E-state index >= 15 is 0 Å². The van der Waals surface area contributed by atoms with E-state index < -0.39 is 6.10 Å². The summed E-state index contributed by atoms with van der Waals surface area (Å²) in [6.07, 6.45) is 2.71. The molecule has 0 spiro atoms. The van der Waals surface area contributed by atoms with Gasteiger partial charge in [-0.3, -0.25) is 5.41 Å². The quantitative estimate of drug-likeness (QED) is 0.262. The summed E-state index contributed by atoms with van der Waals surface area (Å²) in [5.41, 5.74) is 4.93. The first-order valence-electron chi connectivity index (χ1n) is 12.9. The summed E-state index contributed by atoms with van der Waals surface area (Å²) in [4.78, 5) is 20.7. The number of benzene rings is 1. The largest absolute Gasteiger partial charge is 0.491 e. The van der Waals surface area contributed by atoms with E-state index in [1.54, 1.807) is 38.4 Å². The van der Waals surface area contributed by atoms with Crippen LogP contribution in [-0.2, 0) is 13.1 Å². The van der Waals surface area contributed by atoms with Gasteiger partial charge in [0.2, 0.25) is 0 Å². The van der Waals surface area contributed by atoms with Crippen molar-refractivity contribution in [2.75, 3.05) is 25.7 Å². The molecule has 1 aliphatic heterocycles. The van der Waals surface area contributed by atoms with E-state index in [1.807, 2.05) is 13.8 Å². The standard InChI is InChI=1S/C28H33Cl2N7O3/c1-6-7-18(38)14-40-19-8-9-21(29)20(10-19)26-35-24(23(32-4)15(2)25(30)31)16(3)27(36-26)37-12-17-11-33-28(39-5)34-22(17)13-37/h8-11,18,31-32,38H,6-7,12-14H2,1-5H3/b23-15-,31-25?/t18-/m1/s1. The molecule has 212 valence electrons. The van der Waals surface area contributed by atoms with E-state index in [2.05, 4.69) is 20.2 Å². The Bertz CT molecular complexity index is 1450. The molecule has 4 rings (SSSR count).